The third-order valence-corrected chi connectivity index (χ3v) is 4.86. The van der Waals surface area contributed by atoms with Crippen LogP contribution in [-0.4, -0.2) is 34.8 Å². The molecule has 0 aromatic heterocycles. The van der Waals surface area contributed by atoms with E-state index in [0.29, 0.717) is 12.0 Å². The van der Waals surface area contributed by atoms with Gasteiger partial charge in [0.25, 0.3) is 0 Å². The molecule has 3 nitrogen and oxygen atoms in total. The molecule has 0 spiro atoms. The van der Waals surface area contributed by atoms with Crippen LogP contribution in [0.25, 0.3) is 0 Å². The van der Waals surface area contributed by atoms with Crippen molar-refractivity contribution in [3.63, 3.8) is 0 Å². The van der Waals surface area contributed by atoms with Crippen molar-refractivity contribution in [1.82, 2.24) is 5.32 Å². The standard InChI is InChI=1S/C14H26N2OS/c1-3-14(11-15,16-13-5-6-13)7-4-8-18-10-12(2)9-17/h12-13,16-17H,3-10H2,1-2H3. The molecular formula is C14H26N2OS. The van der Waals surface area contributed by atoms with E-state index in [1.54, 1.807) is 0 Å². The maximum atomic E-state index is 9.38. The van der Waals surface area contributed by atoms with Gasteiger partial charge in [0, 0.05) is 12.6 Å². The number of hydrogen-bond acceptors (Lipinski definition) is 4. The predicted molar refractivity (Wildman–Crippen MR) is 77.6 cm³/mol. The smallest absolute Gasteiger partial charge is 0.106 e. The molecule has 2 N–H and O–H groups in total. The van der Waals surface area contributed by atoms with Crippen LogP contribution in [0.4, 0.5) is 0 Å². The molecule has 1 fully saturated rings. The zero-order chi connectivity index (χ0) is 13.4. The van der Waals surface area contributed by atoms with Gasteiger partial charge in [-0.1, -0.05) is 13.8 Å². The minimum atomic E-state index is -0.301. The molecule has 104 valence electrons. The summed E-state index contributed by atoms with van der Waals surface area (Å²) in [6, 6.07) is 3.08. The van der Waals surface area contributed by atoms with Crippen LogP contribution in [0, 0.1) is 17.2 Å². The summed E-state index contributed by atoms with van der Waals surface area (Å²) >= 11 is 1.88. The molecular weight excluding hydrogens is 244 g/mol. The van der Waals surface area contributed by atoms with Crippen LogP contribution in [0.5, 0.6) is 0 Å². The molecule has 0 aliphatic heterocycles. The van der Waals surface area contributed by atoms with E-state index in [9.17, 15) is 5.26 Å². The average Bonchev–Trinajstić information content (AvgIpc) is 3.20. The highest BCUT2D eigenvalue weighted by Crippen LogP contribution is 2.27. The summed E-state index contributed by atoms with van der Waals surface area (Å²) in [5.41, 5.74) is -0.301. The van der Waals surface area contributed by atoms with E-state index in [2.05, 4.69) is 25.2 Å². The SMILES string of the molecule is CCC(C#N)(CCCSCC(C)CO)NC1CC1. The van der Waals surface area contributed by atoms with Gasteiger partial charge in [-0.2, -0.15) is 17.0 Å². The predicted octanol–water partition coefficient (Wildman–Crippen LogP) is 2.55. The number of thioether (sulfide) groups is 1. The van der Waals surface area contributed by atoms with Crippen molar-refractivity contribution in [2.24, 2.45) is 5.92 Å². The van der Waals surface area contributed by atoms with Crippen LogP contribution in [-0.2, 0) is 0 Å². The molecule has 0 bridgehead atoms. The van der Waals surface area contributed by atoms with E-state index >= 15 is 0 Å². The molecule has 1 rings (SSSR count). The molecule has 0 aromatic carbocycles. The van der Waals surface area contributed by atoms with Crippen molar-refractivity contribution >= 4 is 11.8 Å². The van der Waals surface area contributed by atoms with Crippen LogP contribution in [0.2, 0.25) is 0 Å². The Morgan fingerprint density at radius 3 is 2.78 bits per heavy atom. The quantitative estimate of drug-likeness (QED) is 0.599. The lowest BCUT2D eigenvalue weighted by atomic mass is 9.92. The van der Waals surface area contributed by atoms with E-state index in [1.165, 1.54) is 12.8 Å². The molecule has 1 aliphatic rings. The first-order chi connectivity index (χ1) is 8.65. The van der Waals surface area contributed by atoms with Crippen LogP contribution >= 0.6 is 11.8 Å². The normalized spacial score (nSPS) is 20.1. The fourth-order valence-corrected chi connectivity index (χ4v) is 2.97. The van der Waals surface area contributed by atoms with Crippen molar-refractivity contribution in [2.75, 3.05) is 18.1 Å². The van der Waals surface area contributed by atoms with Crippen LogP contribution in [0.15, 0.2) is 0 Å². The van der Waals surface area contributed by atoms with E-state index < -0.39 is 0 Å². The summed E-state index contributed by atoms with van der Waals surface area (Å²) in [6.07, 6.45) is 5.36. The van der Waals surface area contributed by atoms with Gasteiger partial charge in [-0.25, -0.2) is 0 Å². The van der Waals surface area contributed by atoms with E-state index in [0.717, 1.165) is 30.8 Å². The van der Waals surface area contributed by atoms with Gasteiger partial charge in [-0.05, 0) is 49.5 Å². The van der Waals surface area contributed by atoms with Crippen molar-refractivity contribution in [3.8, 4) is 6.07 Å². The molecule has 0 radical (unpaired) electrons. The summed E-state index contributed by atoms with van der Waals surface area (Å²) in [7, 11) is 0. The molecule has 4 heteroatoms. The van der Waals surface area contributed by atoms with Gasteiger partial charge in [-0.3, -0.25) is 5.32 Å². The van der Waals surface area contributed by atoms with Crippen molar-refractivity contribution in [1.29, 1.82) is 5.26 Å². The maximum absolute atomic E-state index is 9.38. The van der Waals surface area contributed by atoms with Crippen molar-refractivity contribution in [2.45, 2.75) is 57.5 Å². The maximum Gasteiger partial charge on any atom is 0.106 e. The summed E-state index contributed by atoms with van der Waals surface area (Å²) in [4.78, 5) is 0. The Bertz CT molecular complexity index is 275. The van der Waals surface area contributed by atoms with Gasteiger partial charge in [0.15, 0.2) is 0 Å². The summed E-state index contributed by atoms with van der Waals surface area (Å²) in [6.45, 7) is 4.43. The molecule has 0 amide bonds. The van der Waals surface area contributed by atoms with Gasteiger partial charge in [0.2, 0.25) is 0 Å². The first kappa shape index (κ1) is 15.8. The topological polar surface area (TPSA) is 56.0 Å². The Hall–Kier alpha value is -0.240. The second-order valence-electron chi connectivity index (χ2n) is 5.43. The number of aliphatic hydroxyl groups excluding tert-OH is 1. The number of nitriles is 1. The largest absolute Gasteiger partial charge is 0.396 e. The highest BCUT2D eigenvalue weighted by atomic mass is 32.2. The Kier molecular flexibility index (Phi) is 7.06. The minimum absolute atomic E-state index is 0.271. The molecule has 18 heavy (non-hydrogen) atoms. The number of aliphatic hydroxyl groups is 1. The van der Waals surface area contributed by atoms with Crippen molar-refractivity contribution < 1.29 is 5.11 Å². The van der Waals surface area contributed by atoms with Gasteiger partial charge >= 0.3 is 0 Å². The van der Waals surface area contributed by atoms with E-state index in [-0.39, 0.29) is 12.1 Å². The molecule has 1 saturated carbocycles. The van der Waals surface area contributed by atoms with Crippen LogP contribution in [0.1, 0.15) is 46.0 Å². The van der Waals surface area contributed by atoms with Crippen molar-refractivity contribution in [3.05, 3.63) is 0 Å². The number of nitrogens with zero attached hydrogens (tertiary/aromatic N) is 1. The fourth-order valence-electron chi connectivity index (χ4n) is 1.95. The number of rotatable bonds is 10. The molecule has 0 heterocycles. The van der Waals surface area contributed by atoms with Gasteiger partial charge < -0.3 is 5.11 Å². The minimum Gasteiger partial charge on any atom is -0.396 e. The lowest BCUT2D eigenvalue weighted by Gasteiger charge is -2.26. The zero-order valence-corrected chi connectivity index (χ0v) is 12.4. The Labute approximate surface area is 115 Å². The second kappa shape index (κ2) is 8.04. The second-order valence-corrected chi connectivity index (χ2v) is 6.58. The highest BCUT2D eigenvalue weighted by Gasteiger charge is 2.34. The Morgan fingerprint density at radius 2 is 2.28 bits per heavy atom. The monoisotopic (exact) mass is 270 g/mol. The molecule has 0 aromatic rings. The Balaban J connectivity index is 2.19. The highest BCUT2D eigenvalue weighted by molar-refractivity contribution is 7.99. The van der Waals surface area contributed by atoms with Gasteiger partial charge in [-0.15, -0.1) is 0 Å². The lowest BCUT2D eigenvalue weighted by Crippen LogP contribution is -2.44. The molecule has 1 aliphatic carbocycles. The molecule has 2 atom stereocenters. The van der Waals surface area contributed by atoms with Crippen LogP contribution in [0.3, 0.4) is 0 Å². The third kappa shape index (κ3) is 5.60. The van der Waals surface area contributed by atoms with E-state index in [4.69, 9.17) is 5.11 Å². The summed E-state index contributed by atoms with van der Waals surface area (Å²) < 4.78 is 0. The summed E-state index contributed by atoms with van der Waals surface area (Å²) in [5.74, 6) is 2.48. The first-order valence-corrected chi connectivity index (χ1v) is 8.19. The van der Waals surface area contributed by atoms with Gasteiger partial charge in [0.05, 0.1) is 6.07 Å². The zero-order valence-electron chi connectivity index (χ0n) is 11.6. The summed E-state index contributed by atoms with van der Waals surface area (Å²) in [5, 5.41) is 21.8. The Morgan fingerprint density at radius 1 is 1.56 bits per heavy atom. The average molecular weight is 270 g/mol. The molecule has 0 saturated heterocycles. The van der Waals surface area contributed by atoms with Gasteiger partial charge in [0.1, 0.15) is 5.54 Å². The lowest BCUT2D eigenvalue weighted by molar-refractivity contribution is 0.250. The van der Waals surface area contributed by atoms with Crippen LogP contribution < -0.4 is 5.32 Å². The fraction of sp³-hybridized carbons (Fsp3) is 0.929. The third-order valence-electron chi connectivity index (χ3n) is 3.48. The first-order valence-electron chi connectivity index (χ1n) is 7.03. The number of nitrogens with one attached hydrogen (secondary N) is 1. The van der Waals surface area contributed by atoms with E-state index in [1.807, 2.05) is 11.8 Å². The number of hydrogen-bond donors (Lipinski definition) is 2. The molecule has 2 unspecified atom stereocenters.